The number of benzene rings is 2. The summed E-state index contributed by atoms with van der Waals surface area (Å²) in [5.74, 6) is 0. The van der Waals surface area contributed by atoms with E-state index in [9.17, 15) is 9.36 Å². The molecule has 0 radical (unpaired) electrons. The first-order valence-corrected chi connectivity index (χ1v) is 9.30. The first-order chi connectivity index (χ1) is 10.2. The van der Waals surface area contributed by atoms with Gasteiger partial charge in [-0.15, -0.1) is 0 Å². The average Bonchev–Trinajstić information content (AvgIpc) is 2.45. The van der Waals surface area contributed by atoms with E-state index < -0.39 is 17.8 Å². The molecule has 0 aliphatic carbocycles. The Balaban J connectivity index is 2.72. The van der Waals surface area contributed by atoms with Crippen LogP contribution in [0, 0.1) is 0 Å². The van der Waals surface area contributed by atoms with E-state index in [1.54, 1.807) is 63.2 Å². The van der Waals surface area contributed by atoms with Gasteiger partial charge in [-0.1, -0.05) is 80.4 Å². The predicted octanol–water partition coefficient (Wildman–Crippen LogP) is 5.62. The van der Waals surface area contributed by atoms with Gasteiger partial charge in [0.15, 0.2) is 7.14 Å². The second kappa shape index (κ2) is 6.20. The minimum Gasteiger partial charge on any atom is -0.310 e. The summed E-state index contributed by atoms with van der Waals surface area (Å²) in [6.45, 7) is 5.39. The van der Waals surface area contributed by atoms with Crippen LogP contribution in [-0.4, -0.2) is 10.7 Å². The SMILES string of the molecule is CC(C)(C)P(=O)(C(=O)c1c(Cl)cccc1Cl)c1ccccc1. The predicted molar refractivity (Wildman–Crippen MR) is 94.2 cm³/mol. The van der Waals surface area contributed by atoms with E-state index in [1.807, 2.05) is 6.07 Å². The number of rotatable bonds is 3. The highest BCUT2D eigenvalue weighted by atomic mass is 35.5. The van der Waals surface area contributed by atoms with Crippen molar-refractivity contribution in [2.45, 2.75) is 25.9 Å². The van der Waals surface area contributed by atoms with Crippen LogP contribution in [0.25, 0.3) is 0 Å². The molecule has 0 aromatic heterocycles. The Morgan fingerprint density at radius 2 is 1.41 bits per heavy atom. The van der Waals surface area contributed by atoms with Crippen LogP contribution in [0.2, 0.25) is 10.0 Å². The number of halogens is 2. The Hall–Kier alpha value is -1.08. The average molecular weight is 355 g/mol. The molecule has 0 amide bonds. The fourth-order valence-corrected chi connectivity index (χ4v) is 5.77. The third-order valence-corrected chi connectivity index (χ3v) is 7.87. The molecule has 2 aromatic carbocycles. The number of carbonyl (C=O) groups is 1. The maximum atomic E-state index is 13.8. The van der Waals surface area contributed by atoms with Gasteiger partial charge in [-0.2, -0.15) is 0 Å². The summed E-state index contributed by atoms with van der Waals surface area (Å²) in [6.07, 6.45) is 0. The fraction of sp³-hybridized carbons (Fsp3) is 0.235. The van der Waals surface area contributed by atoms with Crippen molar-refractivity contribution < 1.29 is 9.36 Å². The Morgan fingerprint density at radius 3 is 1.86 bits per heavy atom. The number of hydrogen-bond donors (Lipinski definition) is 0. The molecule has 116 valence electrons. The van der Waals surface area contributed by atoms with Gasteiger partial charge in [-0.3, -0.25) is 4.79 Å². The van der Waals surface area contributed by atoms with Crippen LogP contribution in [0.3, 0.4) is 0 Å². The molecule has 0 saturated carbocycles. The molecular weight excluding hydrogens is 338 g/mol. The molecule has 0 aliphatic rings. The van der Waals surface area contributed by atoms with Crippen molar-refractivity contribution in [1.82, 2.24) is 0 Å². The minimum absolute atomic E-state index is 0.132. The van der Waals surface area contributed by atoms with Crippen LogP contribution in [0.15, 0.2) is 48.5 Å². The third-order valence-electron chi connectivity index (χ3n) is 3.53. The van der Waals surface area contributed by atoms with Crippen molar-refractivity contribution >= 4 is 41.2 Å². The van der Waals surface area contributed by atoms with Gasteiger partial charge in [0.2, 0.25) is 5.52 Å². The van der Waals surface area contributed by atoms with Gasteiger partial charge in [-0.25, -0.2) is 0 Å². The van der Waals surface area contributed by atoms with Crippen LogP contribution >= 0.6 is 30.3 Å². The van der Waals surface area contributed by atoms with Gasteiger partial charge in [0.1, 0.15) is 0 Å². The van der Waals surface area contributed by atoms with E-state index in [4.69, 9.17) is 23.2 Å². The van der Waals surface area contributed by atoms with Crippen LogP contribution in [0.5, 0.6) is 0 Å². The van der Waals surface area contributed by atoms with Crippen molar-refractivity contribution in [3.63, 3.8) is 0 Å². The summed E-state index contributed by atoms with van der Waals surface area (Å²) < 4.78 is 13.8. The van der Waals surface area contributed by atoms with Gasteiger partial charge < -0.3 is 4.57 Å². The van der Waals surface area contributed by atoms with Crippen LogP contribution < -0.4 is 5.30 Å². The van der Waals surface area contributed by atoms with Gasteiger partial charge >= 0.3 is 0 Å². The lowest BCUT2D eigenvalue weighted by atomic mass is 10.2. The van der Waals surface area contributed by atoms with E-state index >= 15 is 0 Å². The molecule has 0 N–H and O–H groups in total. The van der Waals surface area contributed by atoms with Gasteiger partial charge in [0, 0.05) is 10.5 Å². The summed E-state index contributed by atoms with van der Waals surface area (Å²) in [7, 11) is -3.43. The quantitative estimate of drug-likeness (QED) is 0.670. The maximum absolute atomic E-state index is 13.8. The summed E-state index contributed by atoms with van der Waals surface area (Å²) in [4.78, 5) is 13.1. The van der Waals surface area contributed by atoms with Gasteiger partial charge in [0.05, 0.1) is 15.6 Å². The van der Waals surface area contributed by atoms with Crippen molar-refractivity contribution in [3.8, 4) is 0 Å². The highest BCUT2D eigenvalue weighted by Gasteiger charge is 2.46. The molecule has 5 heteroatoms. The Morgan fingerprint density at radius 1 is 0.909 bits per heavy atom. The molecule has 0 fully saturated rings. The highest BCUT2D eigenvalue weighted by Crippen LogP contribution is 2.59. The Kier molecular flexibility index (Phi) is 4.87. The van der Waals surface area contributed by atoms with E-state index in [-0.39, 0.29) is 15.6 Å². The molecule has 1 unspecified atom stereocenters. The zero-order valence-corrected chi connectivity index (χ0v) is 15.0. The van der Waals surface area contributed by atoms with Crippen molar-refractivity contribution in [3.05, 3.63) is 64.1 Å². The standard InChI is InChI=1S/C17H17Cl2O2P/c1-17(2,3)22(21,12-8-5-4-6-9-12)16(20)15-13(18)10-7-11-14(15)19/h4-11H,1-3H3. The van der Waals surface area contributed by atoms with E-state index in [2.05, 4.69) is 0 Å². The van der Waals surface area contributed by atoms with Gasteiger partial charge in [-0.05, 0) is 12.1 Å². The molecule has 2 nitrogen and oxygen atoms in total. The minimum atomic E-state index is -3.43. The van der Waals surface area contributed by atoms with Crippen molar-refractivity contribution in [1.29, 1.82) is 0 Å². The normalized spacial score (nSPS) is 14.4. The molecule has 1 atom stereocenters. The van der Waals surface area contributed by atoms with Crippen molar-refractivity contribution in [2.75, 3.05) is 0 Å². The first kappa shape index (κ1) is 17.3. The first-order valence-electron chi connectivity index (χ1n) is 6.84. The van der Waals surface area contributed by atoms with Crippen molar-refractivity contribution in [2.24, 2.45) is 0 Å². The summed E-state index contributed by atoms with van der Waals surface area (Å²) in [5, 5.41) is 0.216. The van der Waals surface area contributed by atoms with E-state index in [0.717, 1.165) is 0 Å². The van der Waals surface area contributed by atoms with Crippen LogP contribution in [0.1, 0.15) is 31.1 Å². The smallest absolute Gasteiger partial charge is 0.229 e. The number of hydrogen-bond acceptors (Lipinski definition) is 2. The molecular formula is C17H17Cl2O2P. The van der Waals surface area contributed by atoms with Crippen LogP contribution in [0.4, 0.5) is 0 Å². The van der Waals surface area contributed by atoms with Crippen LogP contribution in [-0.2, 0) is 4.57 Å². The maximum Gasteiger partial charge on any atom is 0.229 e. The van der Waals surface area contributed by atoms with E-state index in [1.165, 1.54) is 0 Å². The van der Waals surface area contributed by atoms with Gasteiger partial charge in [0.25, 0.3) is 0 Å². The Labute approximate surface area is 140 Å². The largest absolute Gasteiger partial charge is 0.310 e. The fourth-order valence-electron chi connectivity index (χ4n) is 2.31. The molecule has 22 heavy (non-hydrogen) atoms. The lowest BCUT2D eigenvalue weighted by molar-refractivity contribution is 0.107. The summed E-state index contributed by atoms with van der Waals surface area (Å²) >= 11 is 12.3. The second-order valence-corrected chi connectivity index (χ2v) is 10.3. The summed E-state index contributed by atoms with van der Waals surface area (Å²) in [6, 6.07) is 13.6. The highest BCUT2D eigenvalue weighted by molar-refractivity contribution is 7.88. The molecule has 0 spiro atoms. The molecule has 2 aromatic rings. The lowest BCUT2D eigenvalue weighted by Crippen LogP contribution is -2.28. The molecule has 0 bridgehead atoms. The number of carbonyl (C=O) groups excluding carboxylic acids is 1. The zero-order valence-electron chi connectivity index (χ0n) is 12.6. The Bertz CT molecular complexity index is 729. The lowest BCUT2D eigenvalue weighted by Gasteiger charge is -2.30. The molecule has 0 saturated heterocycles. The second-order valence-electron chi connectivity index (χ2n) is 6.02. The summed E-state index contributed by atoms with van der Waals surface area (Å²) in [5.41, 5.74) is -0.366. The van der Waals surface area contributed by atoms with E-state index in [0.29, 0.717) is 5.30 Å². The molecule has 2 rings (SSSR count). The monoisotopic (exact) mass is 354 g/mol. The zero-order chi connectivity index (χ0) is 16.5. The molecule has 0 heterocycles. The third kappa shape index (κ3) is 2.88. The molecule has 0 aliphatic heterocycles. The topological polar surface area (TPSA) is 34.1 Å².